The molecule has 0 bridgehead atoms. The largest absolute Gasteiger partial charge is 0.356 e. The van der Waals surface area contributed by atoms with Crippen LogP contribution in [0.1, 0.15) is 40.5 Å². The van der Waals surface area contributed by atoms with E-state index in [1.165, 1.54) is 0 Å². The first kappa shape index (κ1) is 20.2. The molecule has 1 aliphatic rings. The minimum Gasteiger partial charge on any atom is -0.356 e. The molecule has 1 aliphatic heterocycles. The Balaban J connectivity index is 0.00000400. The van der Waals surface area contributed by atoms with E-state index in [1.807, 2.05) is 0 Å². The maximum absolute atomic E-state index is 12.4. The molecule has 1 heterocycles. The number of rotatable bonds is 7. The summed E-state index contributed by atoms with van der Waals surface area (Å²) >= 11 is 0. The van der Waals surface area contributed by atoms with Crippen LogP contribution in [0.25, 0.3) is 0 Å². The van der Waals surface area contributed by atoms with Crippen molar-refractivity contribution in [3.05, 3.63) is 0 Å². The van der Waals surface area contributed by atoms with Crippen molar-refractivity contribution in [2.24, 2.45) is 17.3 Å². The Kier molecular flexibility index (Phi) is 8.90. The van der Waals surface area contributed by atoms with Crippen LogP contribution in [0.3, 0.4) is 0 Å². The maximum Gasteiger partial charge on any atom is 0.228 e. The van der Waals surface area contributed by atoms with Gasteiger partial charge in [0.1, 0.15) is 0 Å². The number of hydrogen-bond acceptors (Lipinski definition) is 3. The predicted octanol–water partition coefficient (Wildman–Crippen LogP) is 1.32. The van der Waals surface area contributed by atoms with Crippen LogP contribution in [0.5, 0.6) is 0 Å². The van der Waals surface area contributed by atoms with E-state index in [9.17, 15) is 9.59 Å². The van der Waals surface area contributed by atoms with Crippen LogP contribution in [0, 0.1) is 17.3 Å². The monoisotopic (exact) mass is 319 g/mol. The lowest BCUT2D eigenvalue weighted by atomic mass is 9.82. The predicted molar refractivity (Wildman–Crippen MR) is 87.5 cm³/mol. The number of nitrogens with one attached hydrogen (secondary N) is 3. The Labute approximate surface area is 134 Å². The number of amides is 2. The van der Waals surface area contributed by atoms with E-state index in [0.717, 1.165) is 13.0 Å². The van der Waals surface area contributed by atoms with Crippen LogP contribution in [-0.2, 0) is 9.59 Å². The summed E-state index contributed by atoms with van der Waals surface area (Å²) in [6.45, 7) is 11.0. The summed E-state index contributed by atoms with van der Waals surface area (Å²) in [6.07, 6.45) is 1.00. The Morgan fingerprint density at radius 1 is 1.10 bits per heavy atom. The first-order valence-electron chi connectivity index (χ1n) is 7.61. The number of carbonyl (C=O) groups is 2. The fourth-order valence-electron chi connectivity index (χ4n) is 2.34. The van der Waals surface area contributed by atoms with Gasteiger partial charge in [-0.2, -0.15) is 0 Å². The zero-order valence-corrected chi connectivity index (χ0v) is 14.4. The molecule has 1 unspecified atom stereocenters. The smallest absolute Gasteiger partial charge is 0.228 e. The molecule has 0 aromatic carbocycles. The number of hydrogen-bond donors (Lipinski definition) is 3. The third-order valence-corrected chi connectivity index (χ3v) is 3.60. The summed E-state index contributed by atoms with van der Waals surface area (Å²) < 4.78 is 0. The standard InChI is InChI=1S/C15H29N3O2.ClH/c1-11(2)8-17-13(19)7-15(5-6-16-10-15)14(20)18-9-12(3)4;/h11-12,16H,5-10H2,1-4H3,(H,17,19)(H,18,20);1H. The first-order chi connectivity index (χ1) is 9.35. The fourth-order valence-corrected chi connectivity index (χ4v) is 2.34. The van der Waals surface area contributed by atoms with Crippen molar-refractivity contribution < 1.29 is 9.59 Å². The molecule has 2 amide bonds. The summed E-state index contributed by atoms with van der Waals surface area (Å²) in [5.74, 6) is 0.824. The molecule has 0 aromatic rings. The highest BCUT2D eigenvalue weighted by Crippen LogP contribution is 2.30. The molecule has 1 fully saturated rings. The lowest BCUT2D eigenvalue weighted by Gasteiger charge is -2.27. The van der Waals surface area contributed by atoms with Gasteiger partial charge in [0.15, 0.2) is 0 Å². The molecular formula is C15H30ClN3O2. The van der Waals surface area contributed by atoms with Gasteiger partial charge in [0.05, 0.1) is 5.41 Å². The lowest BCUT2D eigenvalue weighted by molar-refractivity contribution is -0.135. The minimum atomic E-state index is -0.573. The molecule has 0 radical (unpaired) electrons. The molecule has 1 atom stereocenters. The van der Waals surface area contributed by atoms with Gasteiger partial charge < -0.3 is 16.0 Å². The summed E-state index contributed by atoms with van der Waals surface area (Å²) in [5.41, 5.74) is -0.573. The van der Waals surface area contributed by atoms with Gasteiger partial charge in [-0.15, -0.1) is 12.4 Å². The Bertz CT molecular complexity index is 340. The average molecular weight is 320 g/mol. The van der Waals surface area contributed by atoms with Crippen LogP contribution in [0.2, 0.25) is 0 Å². The van der Waals surface area contributed by atoms with E-state index in [4.69, 9.17) is 0 Å². The van der Waals surface area contributed by atoms with E-state index < -0.39 is 5.41 Å². The first-order valence-corrected chi connectivity index (χ1v) is 7.61. The van der Waals surface area contributed by atoms with Crippen molar-refractivity contribution >= 4 is 24.2 Å². The van der Waals surface area contributed by atoms with E-state index in [0.29, 0.717) is 31.5 Å². The fraction of sp³-hybridized carbons (Fsp3) is 0.867. The van der Waals surface area contributed by atoms with Crippen molar-refractivity contribution in [3.8, 4) is 0 Å². The molecule has 3 N–H and O–H groups in total. The van der Waals surface area contributed by atoms with Crippen LogP contribution in [0.4, 0.5) is 0 Å². The lowest BCUT2D eigenvalue weighted by Crippen LogP contribution is -2.46. The van der Waals surface area contributed by atoms with E-state index in [1.54, 1.807) is 0 Å². The van der Waals surface area contributed by atoms with Gasteiger partial charge >= 0.3 is 0 Å². The second-order valence-corrected chi connectivity index (χ2v) is 6.69. The highest BCUT2D eigenvalue weighted by Gasteiger charge is 2.42. The van der Waals surface area contributed by atoms with Gasteiger partial charge in [0.2, 0.25) is 11.8 Å². The van der Waals surface area contributed by atoms with Crippen molar-refractivity contribution in [3.63, 3.8) is 0 Å². The summed E-state index contributed by atoms with van der Waals surface area (Å²) in [7, 11) is 0. The van der Waals surface area contributed by atoms with E-state index in [-0.39, 0.29) is 30.6 Å². The van der Waals surface area contributed by atoms with Gasteiger partial charge in [-0.05, 0) is 24.8 Å². The summed E-state index contributed by atoms with van der Waals surface area (Å²) in [4.78, 5) is 24.4. The molecular weight excluding hydrogens is 290 g/mol. The van der Waals surface area contributed by atoms with Crippen LogP contribution in [0.15, 0.2) is 0 Å². The highest BCUT2D eigenvalue weighted by molar-refractivity contribution is 5.89. The minimum absolute atomic E-state index is 0. The molecule has 5 nitrogen and oxygen atoms in total. The van der Waals surface area contributed by atoms with Crippen molar-refractivity contribution in [1.29, 1.82) is 0 Å². The van der Waals surface area contributed by atoms with Gasteiger partial charge in [-0.1, -0.05) is 27.7 Å². The second-order valence-electron chi connectivity index (χ2n) is 6.69. The number of carbonyl (C=O) groups excluding carboxylic acids is 2. The highest BCUT2D eigenvalue weighted by atomic mass is 35.5. The number of halogens is 1. The van der Waals surface area contributed by atoms with Crippen LogP contribution in [-0.4, -0.2) is 38.0 Å². The third-order valence-electron chi connectivity index (χ3n) is 3.60. The van der Waals surface area contributed by atoms with Gasteiger partial charge in [-0.3, -0.25) is 9.59 Å². The molecule has 0 aromatic heterocycles. The maximum atomic E-state index is 12.4. The normalized spacial score (nSPS) is 21.2. The molecule has 1 saturated heterocycles. The second kappa shape index (κ2) is 9.26. The van der Waals surface area contributed by atoms with Gasteiger partial charge in [-0.25, -0.2) is 0 Å². The van der Waals surface area contributed by atoms with Crippen molar-refractivity contribution in [2.75, 3.05) is 26.2 Å². The zero-order valence-electron chi connectivity index (χ0n) is 13.6. The molecule has 21 heavy (non-hydrogen) atoms. The van der Waals surface area contributed by atoms with E-state index >= 15 is 0 Å². The van der Waals surface area contributed by atoms with Gasteiger partial charge in [0, 0.05) is 26.1 Å². The molecule has 0 aliphatic carbocycles. The van der Waals surface area contributed by atoms with Gasteiger partial charge in [0.25, 0.3) is 0 Å². The average Bonchev–Trinajstić information content (AvgIpc) is 2.83. The molecule has 0 saturated carbocycles. The zero-order chi connectivity index (χ0) is 15.2. The Hall–Kier alpha value is -0.810. The Morgan fingerprint density at radius 2 is 1.67 bits per heavy atom. The van der Waals surface area contributed by atoms with E-state index in [2.05, 4.69) is 43.6 Å². The molecule has 124 valence electrons. The van der Waals surface area contributed by atoms with Crippen molar-refractivity contribution in [2.45, 2.75) is 40.5 Å². The topological polar surface area (TPSA) is 70.2 Å². The third kappa shape index (κ3) is 6.66. The SMILES string of the molecule is CC(C)CNC(=O)CC1(C(=O)NCC(C)C)CCNC1.Cl. The molecule has 6 heteroatoms. The van der Waals surface area contributed by atoms with Crippen LogP contribution >= 0.6 is 12.4 Å². The summed E-state index contributed by atoms with van der Waals surface area (Å²) in [6, 6.07) is 0. The quantitative estimate of drug-likeness (QED) is 0.663. The Morgan fingerprint density at radius 3 is 2.14 bits per heavy atom. The van der Waals surface area contributed by atoms with Crippen LogP contribution < -0.4 is 16.0 Å². The molecule has 1 rings (SSSR count). The summed E-state index contributed by atoms with van der Waals surface area (Å²) in [5, 5.41) is 9.09. The van der Waals surface area contributed by atoms with Crippen molar-refractivity contribution in [1.82, 2.24) is 16.0 Å². The molecule has 0 spiro atoms.